The number of benzene rings is 1. The minimum absolute atomic E-state index is 0.436. The Bertz CT molecular complexity index is 696. The molecule has 0 aliphatic carbocycles. The monoisotopic (exact) mass is 326 g/mol. The lowest BCUT2D eigenvalue weighted by Crippen LogP contribution is -2.40. The molecule has 3 rings (SSSR count). The standard InChI is InChI=1S/C19H26N4O/c1-4-15-7-5-6-8-23(15)18-17(20)19(22-12-21-18)24-16-10-13(2)9-14(3)11-16/h9-12,15H,4-8,20H2,1-3H3. The Morgan fingerprint density at radius 2 is 1.92 bits per heavy atom. The molecule has 2 N–H and O–H groups in total. The van der Waals surface area contributed by atoms with E-state index in [9.17, 15) is 0 Å². The lowest BCUT2D eigenvalue weighted by Gasteiger charge is -2.36. The average molecular weight is 326 g/mol. The van der Waals surface area contributed by atoms with Gasteiger partial charge in [0.1, 0.15) is 17.8 Å². The van der Waals surface area contributed by atoms with Gasteiger partial charge >= 0.3 is 0 Å². The van der Waals surface area contributed by atoms with Crippen molar-refractivity contribution in [3.05, 3.63) is 35.7 Å². The van der Waals surface area contributed by atoms with Crippen molar-refractivity contribution in [3.8, 4) is 11.6 Å². The summed E-state index contributed by atoms with van der Waals surface area (Å²) in [5, 5.41) is 0. The van der Waals surface area contributed by atoms with Crippen LogP contribution in [-0.4, -0.2) is 22.6 Å². The smallest absolute Gasteiger partial charge is 0.248 e. The summed E-state index contributed by atoms with van der Waals surface area (Å²) in [4.78, 5) is 11.0. The molecule has 0 bridgehead atoms. The first-order valence-electron chi connectivity index (χ1n) is 8.71. The van der Waals surface area contributed by atoms with Crippen molar-refractivity contribution in [2.24, 2.45) is 0 Å². The van der Waals surface area contributed by atoms with Gasteiger partial charge in [-0.25, -0.2) is 4.98 Å². The van der Waals surface area contributed by atoms with Crippen LogP contribution in [0.2, 0.25) is 0 Å². The predicted octanol–water partition coefficient (Wildman–Crippen LogP) is 4.24. The summed E-state index contributed by atoms with van der Waals surface area (Å²) >= 11 is 0. The summed E-state index contributed by atoms with van der Waals surface area (Å²) in [6.45, 7) is 7.30. The van der Waals surface area contributed by atoms with Gasteiger partial charge in [-0.1, -0.05) is 13.0 Å². The van der Waals surface area contributed by atoms with E-state index in [0.717, 1.165) is 35.7 Å². The van der Waals surface area contributed by atoms with Crippen LogP contribution < -0.4 is 15.4 Å². The van der Waals surface area contributed by atoms with Crippen molar-refractivity contribution < 1.29 is 4.74 Å². The number of hydrogen-bond acceptors (Lipinski definition) is 5. The Kier molecular flexibility index (Phi) is 4.88. The lowest BCUT2D eigenvalue weighted by atomic mass is 10.00. The number of piperidine rings is 1. The van der Waals surface area contributed by atoms with Gasteiger partial charge < -0.3 is 15.4 Å². The molecule has 24 heavy (non-hydrogen) atoms. The number of rotatable bonds is 4. The maximum absolute atomic E-state index is 6.36. The molecule has 128 valence electrons. The fourth-order valence-corrected chi connectivity index (χ4v) is 3.49. The second kappa shape index (κ2) is 7.07. The lowest BCUT2D eigenvalue weighted by molar-refractivity contribution is 0.441. The number of ether oxygens (including phenoxy) is 1. The van der Waals surface area contributed by atoms with Crippen molar-refractivity contribution in [3.63, 3.8) is 0 Å². The number of nitrogen functional groups attached to an aromatic ring is 1. The van der Waals surface area contributed by atoms with Crippen molar-refractivity contribution in [2.45, 2.75) is 52.5 Å². The molecule has 2 aromatic rings. The number of aromatic nitrogens is 2. The van der Waals surface area contributed by atoms with E-state index in [1.807, 2.05) is 26.0 Å². The van der Waals surface area contributed by atoms with Gasteiger partial charge in [0.25, 0.3) is 0 Å². The third kappa shape index (κ3) is 3.45. The molecule has 5 heteroatoms. The summed E-state index contributed by atoms with van der Waals surface area (Å²) in [6, 6.07) is 6.58. The van der Waals surface area contributed by atoms with Gasteiger partial charge in [-0.3, -0.25) is 0 Å². The van der Waals surface area contributed by atoms with Gasteiger partial charge in [-0.2, -0.15) is 4.98 Å². The normalized spacial score (nSPS) is 17.8. The van der Waals surface area contributed by atoms with E-state index in [2.05, 4.69) is 27.9 Å². The van der Waals surface area contributed by atoms with Crippen LogP contribution in [0, 0.1) is 13.8 Å². The highest BCUT2D eigenvalue weighted by Gasteiger charge is 2.25. The van der Waals surface area contributed by atoms with Crippen LogP contribution in [0.15, 0.2) is 24.5 Å². The summed E-state index contributed by atoms with van der Waals surface area (Å²) in [5.74, 6) is 2.00. The van der Waals surface area contributed by atoms with Gasteiger partial charge in [-0.05, 0) is 62.8 Å². The fraction of sp³-hybridized carbons (Fsp3) is 0.474. The molecular formula is C19H26N4O. The Morgan fingerprint density at radius 1 is 1.17 bits per heavy atom. The van der Waals surface area contributed by atoms with E-state index in [4.69, 9.17) is 10.5 Å². The molecule has 5 nitrogen and oxygen atoms in total. The zero-order valence-corrected chi connectivity index (χ0v) is 14.7. The molecule has 0 radical (unpaired) electrons. The molecule has 2 heterocycles. The molecule has 1 aromatic heterocycles. The molecule has 1 fully saturated rings. The number of hydrogen-bond donors (Lipinski definition) is 1. The molecule has 1 saturated heterocycles. The Labute approximate surface area is 143 Å². The highest BCUT2D eigenvalue weighted by Crippen LogP contribution is 2.35. The number of nitrogens with zero attached hydrogens (tertiary/aromatic N) is 3. The summed E-state index contributed by atoms with van der Waals surface area (Å²) in [6.07, 6.45) is 6.27. The summed E-state index contributed by atoms with van der Waals surface area (Å²) in [7, 11) is 0. The van der Waals surface area contributed by atoms with Gasteiger partial charge in [0.05, 0.1) is 0 Å². The van der Waals surface area contributed by atoms with E-state index in [-0.39, 0.29) is 0 Å². The Hall–Kier alpha value is -2.30. The maximum atomic E-state index is 6.36. The number of anilines is 2. The van der Waals surface area contributed by atoms with Crippen LogP contribution in [0.5, 0.6) is 11.6 Å². The topological polar surface area (TPSA) is 64.3 Å². The molecule has 1 aliphatic rings. The molecular weight excluding hydrogens is 300 g/mol. The molecule has 0 spiro atoms. The molecule has 1 atom stereocenters. The van der Waals surface area contributed by atoms with Crippen LogP contribution in [0.25, 0.3) is 0 Å². The maximum Gasteiger partial charge on any atom is 0.248 e. The number of nitrogens with two attached hydrogens (primary N) is 1. The van der Waals surface area contributed by atoms with Crippen LogP contribution in [0.1, 0.15) is 43.7 Å². The molecule has 0 saturated carbocycles. The molecule has 1 aromatic carbocycles. The highest BCUT2D eigenvalue weighted by molar-refractivity contribution is 5.68. The summed E-state index contributed by atoms with van der Waals surface area (Å²) in [5.41, 5.74) is 9.19. The van der Waals surface area contributed by atoms with Crippen molar-refractivity contribution in [2.75, 3.05) is 17.2 Å². The first-order valence-corrected chi connectivity index (χ1v) is 8.71. The van der Waals surface area contributed by atoms with Gasteiger partial charge in [0, 0.05) is 12.6 Å². The van der Waals surface area contributed by atoms with Crippen LogP contribution in [0.4, 0.5) is 11.5 Å². The molecule has 0 amide bonds. The minimum Gasteiger partial charge on any atom is -0.437 e. The first-order chi connectivity index (χ1) is 11.6. The zero-order chi connectivity index (χ0) is 17.1. The first kappa shape index (κ1) is 16.6. The molecule has 1 aliphatic heterocycles. The van der Waals surface area contributed by atoms with Crippen LogP contribution in [-0.2, 0) is 0 Å². The quantitative estimate of drug-likeness (QED) is 0.910. The SMILES string of the molecule is CCC1CCCCN1c1ncnc(Oc2cc(C)cc(C)c2)c1N. The Balaban J connectivity index is 1.90. The summed E-state index contributed by atoms with van der Waals surface area (Å²) < 4.78 is 5.97. The van der Waals surface area contributed by atoms with Gasteiger partial charge in [0.15, 0.2) is 5.82 Å². The second-order valence-electron chi connectivity index (χ2n) is 6.59. The van der Waals surface area contributed by atoms with Crippen LogP contribution >= 0.6 is 0 Å². The van der Waals surface area contributed by atoms with Crippen molar-refractivity contribution in [1.29, 1.82) is 0 Å². The minimum atomic E-state index is 0.436. The van der Waals surface area contributed by atoms with E-state index in [1.165, 1.54) is 19.3 Å². The third-order valence-electron chi connectivity index (χ3n) is 4.61. The van der Waals surface area contributed by atoms with E-state index >= 15 is 0 Å². The highest BCUT2D eigenvalue weighted by atomic mass is 16.5. The third-order valence-corrected chi connectivity index (χ3v) is 4.61. The predicted molar refractivity (Wildman–Crippen MR) is 97.7 cm³/mol. The van der Waals surface area contributed by atoms with E-state index in [0.29, 0.717) is 17.6 Å². The fourth-order valence-electron chi connectivity index (χ4n) is 3.49. The molecule has 1 unspecified atom stereocenters. The van der Waals surface area contributed by atoms with Gasteiger partial charge in [0.2, 0.25) is 5.88 Å². The zero-order valence-electron chi connectivity index (χ0n) is 14.7. The van der Waals surface area contributed by atoms with Crippen LogP contribution in [0.3, 0.4) is 0 Å². The second-order valence-corrected chi connectivity index (χ2v) is 6.59. The number of aryl methyl sites for hydroxylation is 2. The van der Waals surface area contributed by atoms with Crippen molar-refractivity contribution in [1.82, 2.24) is 9.97 Å². The van der Waals surface area contributed by atoms with Crippen molar-refractivity contribution >= 4 is 11.5 Å². The Morgan fingerprint density at radius 3 is 2.62 bits per heavy atom. The van der Waals surface area contributed by atoms with E-state index < -0.39 is 0 Å². The largest absolute Gasteiger partial charge is 0.437 e. The van der Waals surface area contributed by atoms with E-state index in [1.54, 1.807) is 6.33 Å². The van der Waals surface area contributed by atoms with Gasteiger partial charge in [-0.15, -0.1) is 0 Å². The average Bonchev–Trinajstić information content (AvgIpc) is 2.56.